The molecule has 5 heteroatoms. The molecule has 30 heavy (non-hydrogen) atoms. The molecule has 0 bridgehead atoms. The first kappa shape index (κ1) is 22.6. The number of benzene rings is 2. The Morgan fingerprint density at radius 3 is 1.43 bits per heavy atom. The van der Waals surface area contributed by atoms with Crippen LogP contribution in [0, 0.1) is 0 Å². The molecule has 0 amide bonds. The predicted molar refractivity (Wildman–Crippen MR) is 119 cm³/mol. The third-order valence-corrected chi connectivity index (χ3v) is 3.82. The zero-order valence-corrected chi connectivity index (χ0v) is 17.2. The zero-order valence-electron chi connectivity index (χ0n) is 17.2. The van der Waals surface area contributed by atoms with Crippen LogP contribution in [0.25, 0.3) is 12.2 Å². The summed E-state index contributed by atoms with van der Waals surface area (Å²) in [5, 5.41) is 0. The number of carbonyl (C=O) groups is 1. The average Bonchev–Trinajstić information content (AvgIpc) is 2.73. The number of allylic oxidation sites excluding steroid dienone is 2. The molecule has 2 unspecified atom stereocenters. The minimum Gasteiger partial charge on any atom is -0.463 e. The monoisotopic (exact) mass is 406 g/mol. The van der Waals surface area contributed by atoms with Gasteiger partial charge in [-0.3, -0.25) is 4.79 Å². The number of ether oxygens (including phenoxy) is 4. The summed E-state index contributed by atoms with van der Waals surface area (Å²) >= 11 is 0. The van der Waals surface area contributed by atoms with Crippen LogP contribution in [0.5, 0.6) is 11.5 Å². The molecule has 156 valence electrons. The van der Waals surface area contributed by atoms with Gasteiger partial charge in [0, 0.05) is 13.8 Å². The molecule has 0 saturated heterocycles. The van der Waals surface area contributed by atoms with Gasteiger partial charge in [-0.05, 0) is 47.5 Å². The summed E-state index contributed by atoms with van der Waals surface area (Å²) in [4.78, 5) is 12.1. The Hall–Kier alpha value is -3.73. The van der Waals surface area contributed by atoms with E-state index in [9.17, 15) is 4.79 Å². The van der Waals surface area contributed by atoms with Gasteiger partial charge in [0.2, 0.25) is 12.6 Å². The topological polar surface area (TPSA) is 54.0 Å². The van der Waals surface area contributed by atoms with Gasteiger partial charge in [-0.25, -0.2) is 0 Å². The predicted octanol–water partition coefficient (Wildman–Crippen LogP) is 5.75. The SMILES string of the molecule is C=COC(C)Oc1ccc(/C=C/C(=O)/C=C/c2ccc(OC(C)OC=C)cc2)cc1. The van der Waals surface area contributed by atoms with E-state index >= 15 is 0 Å². The second-order valence-electron chi connectivity index (χ2n) is 6.18. The molecule has 0 aliphatic carbocycles. The Morgan fingerprint density at radius 1 is 0.733 bits per heavy atom. The van der Waals surface area contributed by atoms with Gasteiger partial charge in [-0.2, -0.15) is 0 Å². The Bertz CT molecular complexity index is 805. The maximum Gasteiger partial charge on any atom is 0.237 e. The molecular formula is C25H26O5. The molecule has 5 nitrogen and oxygen atoms in total. The summed E-state index contributed by atoms with van der Waals surface area (Å²) in [6.07, 6.45) is 8.37. The standard InChI is InChI=1S/C25H26O5/c1-5-27-19(3)29-24-15-9-21(10-16-24)7-13-23(26)14-8-22-11-17-25(18-12-22)30-20(4)28-6-2/h5-20H,1-2H2,3-4H3/b13-7+,14-8+. The molecule has 0 aromatic heterocycles. The highest BCUT2D eigenvalue weighted by Gasteiger charge is 2.03. The van der Waals surface area contributed by atoms with Crippen molar-refractivity contribution in [2.45, 2.75) is 26.4 Å². The Kier molecular flexibility index (Phi) is 9.00. The number of rotatable bonds is 12. The largest absolute Gasteiger partial charge is 0.463 e. The fraction of sp³-hybridized carbons (Fsp3) is 0.160. The van der Waals surface area contributed by atoms with Gasteiger partial charge in [-0.1, -0.05) is 49.6 Å². The smallest absolute Gasteiger partial charge is 0.237 e. The summed E-state index contributed by atoms with van der Waals surface area (Å²) in [7, 11) is 0. The molecule has 0 heterocycles. The van der Waals surface area contributed by atoms with Crippen molar-refractivity contribution in [1.29, 1.82) is 0 Å². The maximum atomic E-state index is 12.1. The van der Waals surface area contributed by atoms with Crippen LogP contribution in [0.4, 0.5) is 0 Å². The minimum absolute atomic E-state index is 0.114. The van der Waals surface area contributed by atoms with Crippen molar-refractivity contribution in [3.8, 4) is 11.5 Å². The van der Waals surface area contributed by atoms with E-state index < -0.39 is 12.6 Å². The van der Waals surface area contributed by atoms with E-state index in [4.69, 9.17) is 18.9 Å². The quantitative estimate of drug-likeness (QED) is 0.255. The van der Waals surface area contributed by atoms with Crippen molar-refractivity contribution < 1.29 is 23.7 Å². The lowest BCUT2D eigenvalue weighted by atomic mass is 10.1. The molecule has 0 spiro atoms. The van der Waals surface area contributed by atoms with Gasteiger partial charge in [0.15, 0.2) is 5.78 Å². The second-order valence-corrected chi connectivity index (χ2v) is 6.18. The summed E-state index contributed by atoms with van der Waals surface area (Å²) in [6, 6.07) is 14.7. The van der Waals surface area contributed by atoms with Crippen LogP contribution >= 0.6 is 0 Å². The average molecular weight is 406 g/mol. The molecule has 0 saturated carbocycles. The third kappa shape index (κ3) is 8.10. The number of hydrogen-bond acceptors (Lipinski definition) is 5. The highest BCUT2D eigenvalue weighted by Crippen LogP contribution is 2.16. The van der Waals surface area contributed by atoms with Crippen molar-refractivity contribution in [2.24, 2.45) is 0 Å². The van der Waals surface area contributed by atoms with Crippen LogP contribution in [0.2, 0.25) is 0 Å². The maximum absolute atomic E-state index is 12.1. The molecule has 0 aliphatic heterocycles. The van der Waals surface area contributed by atoms with Crippen molar-refractivity contribution in [3.63, 3.8) is 0 Å². The first-order valence-corrected chi connectivity index (χ1v) is 9.46. The summed E-state index contributed by atoms with van der Waals surface area (Å²) in [5.74, 6) is 1.23. The molecule has 2 atom stereocenters. The zero-order chi connectivity index (χ0) is 21.8. The van der Waals surface area contributed by atoms with Crippen molar-refractivity contribution in [1.82, 2.24) is 0 Å². The molecule has 2 aromatic rings. The molecular weight excluding hydrogens is 380 g/mol. The lowest BCUT2D eigenvalue weighted by Crippen LogP contribution is -2.12. The lowest BCUT2D eigenvalue weighted by Gasteiger charge is -2.13. The number of hydrogen-bond donors (Lipinski definition) is 0. The molecule has 0 fully saturated rings. The van der Waals surface area contributed by atoms with Crippen LogP contribution in [0.1, 0.15) is 25.0 Å². The normalized spacial score (nSPS) is 12.9. The van der Waals surface area contributed by atoms with E-state index in [0.717, 1.165) is 11.1 Å². The fourth-order valence-electron chi connectivity index (χ4n) is 2.44. The van der Waals surface area contributed by atoms with E-state index in [0.29, 0.717) is 11.5 Å². The van der Waals surface area contributed by atoms with Crippen LogP contribution in [0.3, 0.4) is 0 Å². The minimum atomic E-state index is -0.417. The number of ketones is 1. The highest BCUT2D eigenvalue weighted by atomic mass is 16.7. The molecule has 0 N–H and O–H groups in total. The van der Waals surface area contributed by atoms with Gasteiger partial charge < -0.3 is 18.9 Å². The van der Waals surface area contributed by atoms with E-state index in [1.54, 1.807) is 26.0 Å². The Labute approximate surface area is 177 Å². The van der Waals surface area contributed by atoms with E-state index in [2.05, 4.69) is 13.2 Å². The summed E-state index contributed by atoms with van der Waals surface area (Å²) in [5.41, 5.74) is 1.78. The first-order chi connectivity index (χ1) is 14.5. The molecule has 2 rings (SSSR count). The summed E-state index contributed by atoms with van der Waals surface area (Å²) in [6.45, 7) is 10.5. The van der Waals surface area contributed by atoms with Gasteiger partial charge in [0.05, 0.1) is 12.5 Å². The van der Waals surface area contributed by atoms with Crippen molar-refractivity contribution in [3.05, 3.63) is 97.5 Å². The Morgan fingerprint density at radius 2 is 1.10 bits per heavy atom. The Balaban J connectivity index is 1.87. The first-order valence-electron chi connectivity index (χ1n) is 9.46. The summed E-state index contributed by atoms with van der Waals surface area (Å²) < 4.78 is 21.3. The van der Waals surface area contributed by atoms with Crippen LogP contribution < -0.4 is 9.47 Å². The van der Waals surface area contributed by atoms with Gasteiger partial charge in [-0.15, -0.1) is 0 Å². The molecule has 0 aliphatic rings. The van der Waals surface area contributed by atoms with Gasteiger partial charge in [0.1, 0.15) is 11.5 Å². The molecule has 2 aromatic carbocycles. The lowest BCUT2D eigenvalue weighted by molar-refractivity contribution is -0.110. The highest BCUT2D eigenvalue weighted by molar-refractivity contribution is 6.04. The van der Waals surface area contributed by atoms with Crippen molar-refractivity contribution >= 4 is 17.9 Å². The third-order valence-electron chi connectivity index (χ3n) is 3.82. The number of carbonyl (C=O) groups excluding carboxylic acids is 1. The van der Waals surface area contributed by atoms with Crippen LogP contribution in [0.15, 0.2) is 86.4 Å². The van der Waals surface area contributed by atoms with Gasteiger partial charge in [0.25, 0.3) is 0 Å². The second kappa shape index (κ2) is 12.0. The van der Waals surface area contributed by atoms with E-state index in [-0.39, 0.29) is 5.78 Å². The van der Waals surface area contributed by atoms with Crippen LogP contribution in [-0.2, 0) is 14.3 Å². The fourth-order valence-corrected chi connectivity index (χ4v) is 2.44. The van der Waals surface area contributed by atoms with E-state index in [1.807, 2.05) is 48.5 Å². The van der Waals surface area contributed by atoms with Crippen molar-refractivity contribution in [2.75, 3.05) is 0 Å². The van der Waals surface area contributed by atoms with Gasteiger partial charge >= 0.3 is 0 Å². The van der Waals surface area contributed by atoms with Crippen LogP contribution in [-0.4, -0.2) is 18.4 Å². The molecule has 0 radical (unpaired) electrons. The van der Waals surface area contributed by atoms with E-state index in [1.165, 1.54) is 24.7 Å².